The molecule has 0 spiro atoms. The van der Waals surface area contributed by atoms with Gasteiger partial charge in [0.15, 0.2) is 5.82 Å². The summed E-state index contributed by atoms with van der Waals surface area (Å²) in [5.41, 5.74) is 2.91. The molecule has 0 atom stereocenters. The van der Waals surface area contributed by atoms with Gasteiger partial charge < -0.3 is 10.6 Å². The summed E-state index contributed by atoms with van der Waals surface area (Å²) >= 11 is 6.12. The maximum Gasteiger partial charge on any atom is 0.244 e. The fraction of sp³-hybridized carbons (Fsp3) is 0.125. The highest BCUT2D eigenvalue weighted by molar-refractivity contribution is 6.31. The van der Waals surface area contributed by atoms with Crippen LogP contribution in [-0.4, -0.2) is 20.2 Å². The predicted octanol–water partition coefficient (Wildman–Crippen LogP) is 3.58. The zero-order valence-electron chi connectivity index (χ0n) is 12.5. The molecule has 2 aromatic heterocycles. The number of halogens is 1. The molecule has 23 heavy (non-hydrogen) atoms. The Bertz CT molecular complexity index is 794. The van der Waals surface area contributed by atoms with Gasteiger partial charge in [0.2, 0.25) is 5.95 Å². The van der Waals surface area contributed by atoms with Gasteiger partial charge in [-0.2, -0.15) is 10.1 Å². The number of pyridine rings is 1. The van der Waals surface area contributed by atoms with E-state index in [2.05, 4.69) is 30.8 Å². The van der Waals surface area contributed by atoms with Crippen molar-refractivity contribution >= 4 is 29.1 Å². The molecule has 0 saturated carbocycles. The summed E-state index contributed by atoms with van der Waals surface area (Å²) in [5.74, 6) is 1.03. The molecule has 0 aliphatic rings. The van der Waals surface area contributed by atoms with Crippen LogP contribution in [0.1, 0.15) is 11.1 Å². The zero-order chi connectivity index (χ0) is 16.1. The average molecular weight is 327 g/mol. The Kier molecular flexibility index (Phi) is 4.63. The first-order valence-electron chi connectivity index (χ1n) is 7.06. The molecule has 6 nitrogen and oxygen atoms in total. The molecule has 116 valence electrons. The fourth-order valence-corrected chi connectivity index (χ4v) is 2.12. The molecule has 2 heterocycles. The van der Waals surface area contributed by atoms with Crippen LogP contribution in [0.4, 0.5) is 17.5 Å². The topological polar surface area (TPSA) is 75.6 Å². The van der Waals surface area contributed by atoms with Crippen molar-refractivity contribution in [3.05, 3.63) is 65.1 Å². The molecule has 0 fully saturated rings. The summed E-state index contributed by atoms with van der Waals surface area (Å²) in [6.45, 7) is 2.54. The SMILES string of the molecule is Cc1ccc(Nc2cnnc(NCc3cccnc3)n2)cc1Cl. The second-order valence-corrected chi connectivity index (χ2v) is 5.38. The smallest absolute Gasteiger partial charge is 0.244 e. The summed E-state index contributed by atoms with van der Waals surface area (Å²) in [6.07, 6.45) is 5.08. The summed E-state index contributed by atoms with van der Waals surface area (Å²) in [6, 6.07) is 9.59. The summed E-state index contributed by atoms with van der Waals surface area (Å²) in [7, 11) is 0. The van der Waals surface area contributed by atoms with Gasteiger partial charge in [-0.3, -0.25) is 4.98 Å². The molecule has 1 aromatic carbocycles. The van der Waals surface area contributed by atoms with E-state index in [1.165, 1.54) is 0 Å². The Morgan fingerprint density at radius 1 is 1.17 bits per heavy atom. The molecule has 0 radical (unpaired) electrons. The lowest BCUT2D eigenvalue weighted by Crippen LogP contribution is -2.06. The van der Waals surface area contributed by atoms with E-state index < -0.39 is 0 Å². The van der Waals surface area contributed by atoms with Crippen LogP contribution in [0.2, 0.25) is 5.02 Å². The van der Waals surface area contributed by atoms with Gasteiger partial charge in [0.25, 0.3) is 0 Å². The first-order chi connectivity index (χ1) is 11.2. The van der Waals surface area contributed by atoms with Gasteiger partial charge in [-0.25, -0.2) is 0 Å². The lowest BCUT2D eigenvalue weighted by molar-refractivity contribution is 0.946. The van der Waals surface area contributed by atoms with Crippen LogP contribution >= 0.6 is 11.6 Å². The molecule has 0 saturated heterocycles. The van der Waals surface area contributed by atoms with E-state index >= 15 is 0 Å². The minimum absolute atomic E-state index is 0.442. The molecule has 0 bridgehead atoms. The first-order valence-corrected chi connectivity index (χ1v) is 7.44. The monoisotopic (exact) mass is 326 g/mol. The Labute approximate surface area is 139 Å². The highest BCUT2D eigenvalue weighted by Crippen LogP contribution is 2.22. The number of hydrogen-bond donors (Lipinski definition) is 2. The van der Waals surface area contributed by atoms with Crippen molar-refractivity contribution in [2.45, 2.75) is 13.5 Å². The van der Waals surface area contributed by atoms with Crippen LogP contribution in [0.5, 0.6) is 0 Å². The van der Waals surface area contributed by atoms with Gasteiger partial charge in [-0.15, -0.1) is 5.10 Å². The van der Waals surface area contributed by atoms with Crippen LogP contribution < -0.4 is 10.6 Å². The minimum atomic E-state index is 0.442. The van der Waals surface area contributed by atoms with Gasteiger partial charge in [0.05, 0.1) is 6.20 Å². The standard InChI is InChI=1S/C16H15ClN6/c1-11-4-5-13(7-14(11)17)21-15-10-20-23-16(22-15)19-9-12-3-2-6-18-8-12/h2-8,10H,9H2,1H3,(H2,19,21,22,23). The quantitative estimate of drug-likeness (QED) is 0.746. The summed E-state index contributed by atoms with van der Waals surface area (Å²) in [4.78, 5) is 8.44. The number of rotatable bonds is 5. The van der Waals surface area contributed by atoms with E-state index in [1.807, 2.05) is 37.3 Å². The fourth-order valence-electron chi connectivity index (χ4n) is 1.94. The van der Waals surface area contributed by atoms with Crippen LogP contribution in [0.3, 0.4) is 0 Å². The zero-order valence-corrected chi connectivity index (χ0v) is 13.2. The van der Waals surface area contributed by atoms with Crippen molar-refractivity contribution in [2.75, 3.05) is 10.6 Å². The van der Waals surface area contributed by atoms with Gasteiger partial charge in [-0.1, -0.05) is 23.7 Å². The number of nitrogens with zero attached hydrogens (tertiary/aromatic N) is 4. The number of benzene rings is 1. The third-order valence-electron chi connectivity index (χ3n) is 3.18. The largest absolute Gasteiger partial charge is 0.349 e. The number of anilines is 3. The number of hydrogen-bond acceptors (Lipinski definition) is 6. The molecular weight excluding hydrogens is 312 g/mol. The van der Waals surface area contributed by atoms with Crippen LogP contribution in [0.15, 0.2) is 48.9 Å². The normalized spacial score (nSPS) is 10.3. The number of aromatic nitrogens is 4. The van der Waals surface area contributed by atoms with Gasteiger partial charge in [0, 0.05) is 29.6 Å². The molecule has 7 heteroatoms. The second kappa shape index (κ2) is 7.02. The third-order valence-corrected chi connectivity index (χ3v) is 3.58. The molecule has 0 amide bonds. The average Bonchev–Trinajstić information content (AvgIpc) is 2.58. The predicted molar refractivity (Wildman–Crippen MR) is 90.9 cm³/mol. The maximum atomic E-state index is 6.12. The number of aryl methyl sites for hydroxylation is 1. The van der Waals surface area contributed by atoms with E-state index in [0.717, 1.165) is 16.8 Å². The molecule has 3 rings (SSSR count). The Morgan fingerprint density at radius 3 is 2.87 bits per heavy atom. The van der Waals surface area contributed by atoms with Gasteiger partial charge >= 0.3 is 0 Å². The molecule has 0 unspecified atom stereocenters. The highest BCUT2D eigenvalue weighted by atomic mass is 35.5. The lowest BCUT2D eigenvalue weighted by Gasteiger charge is -2.08. The van der Waals surface area contributed by atoms with Crippen LogP contribution in [0, 0.1) is 6.92 Å². The van der Waals surface area contributed by atoms with Crippen LogP contribution in [-0.2, 0) is 6.54 Å². The van der Waals surface area contributed by atoms with E-state index in [-0.39, 0.29) is 0 Å². The van der Waals surface area contributed by atoms with Gasteiger partial charge in [-0.05, 0) is 36.2 Å². The Hall–Kier alpha value is -2.73. The van der Waals surface area contributed by atoms with E-state index in [0.29, 0.717) is 23.3 Å². The van der Waals surface area contributed by atoms with E-state index in [1.54, 1.807) is 18.6 Å². The minimum Gasteiger partial charge on any atom is -0.349 e. The van der Waals surface area contributed by atoms with Crippen molar-refractivity contribution in [2.24, 2.45) is 0 Å². The Balaban J connectivity index is 1.68. The van der Waals surface area contributed by atoms with Crippen LogP contribution in [0.25, 0.3) is 0 Å². The van der Waals surface area contributed by atoms with Crippen molar-refractivity contribution in [3.8, 4) is 0 Å². The molecule has 3 aromatic rings. The molecule has 2 N–H and O–H groups in total. The lowest BCUT2D eigenvalue weighted by atomic mass is 10.2. The summed E-state index contributed by atoms with van der Waals surface area (Å²) < 4.78 is 0. The first kappa shape index (κ1) is 15.2. The maximum absolute atomic E-state index is 6.12. The van der Waals surface area contributed by atoms with E-state index in [4.69, 9.17) is 11.6 Å². The van der Waals surface area contributed by atoms with Crippen molar-refractivity contribution in [1.82, 2.24) is 20.2 Å². The van der Waals surface area contributed by atoms with E-state index in [9.17, 15) is 0 Å². The molecule has 0 aliphatic carbocycles. The van der Waals surface area contributed by atoms with Gasteiger partial charge in [0.1, 0.15) is 0 Å². The van der Waals surface area contributed by atoms with Crippen molar-refractivity contribution in [3.63, 3.8) is 0 Å². The third kappa shape index (κ3) is 4.14. The second-order valence-electron chi connectivity index (χ2n) is 4.97. The highest BCUT2D eigenvalue weighted by Gasteiger charge is 2.03. The molecule has 0 aliphatic heterocycles. The van der Waals surface area contributed by atoms with Crippen molar-refractivity contribution in [1.29, 1.82) is 0 Å². The molecular formula is C16H15ClN6. The van der Waals surface area contributed by atoms with Crippen molar-refractivity contribution < 1.29 is 0 Å². The number of nitrogens with one attached hydrogen (secondary N) is 2. The Morgan fingerprint density at radius 2 is 2.09 bits per heavy atom. The summed E-state index contributed by atoms with van der Waals surface area (Å²) in [5, 5.41) is 14.9.